The molecule has 6 nitrogen and oxygen atoms in total. The zero-order valence-electron chi connectivity index (χ0n) is 11.8. The molecule has 112 valence electrons. The molecule has 0 fully saturated rings. The van der Waals surface area contributed by atoms with E-state index in [2.05, 4.69) is 11.1 Å². The summed E-state index contributed by atoms with van der Waals surface area (Å²) in [6, 6.07) is 14.1. The molecular weight excluding hydrogens is 282 g/mol. The van der Waals surface area contributed by atoms with Crippen molar-refractivity contribution < 1.29 is 10.0 Å². The van der Waals surface area contributed by atoms with Crippen LogP contribution in [0.25, 0.3) is 10.8 Å². The predicted octanol–water partition coefficient (Wildman–Crippen LogP) is 2.55. The van der Waals surface area contributed by atoms with Gasteiger partial charge in [0.1, 0.15) is 6.20 Å². The number of imidazole rings is 1. The fourth-order valence-corrected chi connectivity index (χ4v) is 2.49. The molecule has 1 N–H and O–H groups in total. The van der Waals surface area contributed by atoms with Gasteiger partial charge in [-0.25, -0.2) is 0 Å². The Morgan fingerprint density at radius 1 is 1.23 bits per heavy atom. The Labute approximate surface area is 126 Å². The first-order chi connectivity index (χ1) is 10.6. The summed E-state index contributed by atoms with van der Waals surface area (Å²) in [6.07, 6.45) is 2.54. The predicted molar refractivity (Wildman–Crippen MR) is 82.5 cm³/mol. The maximum absolute atomic E-state index is 10.6. The monoisotopic (exact) mass is 297 g/mol. The number of aliphatic hydroxyl groups is 1. The van der Waals surface area contributed by atoms with Gasteiger partial charge in [-0.2, -0.15) is 0 Å². The third kappa shape index (κ3) is 3.12. The molecule has 0 spiro atoms. The van der Waals surface area contributed by atoms with Crippen molar-refractivity contribution in [3.8, 4) is 0 Å². The van der Waals surface area contributed by atoms with Crippen LogP contribution in [0.4, 0.5) is 5.82 Å². The third-order valence-electron chi connectivity index (χ3n) is 3.51. The highest BCUT2D eigenvalue weighted by Gasteiger charge is 2.13. The molecule has 0 saturated heterocycles. The van der Waals surface area contributed by atoms with Crippen molar-refractivity contribution >= 4 is 16.6 Å². The lowest BCUT2D eigenvalue weighted by molar-refractivity contribution is -0.389. The van der Waals surface area contributed by atoms with Gasteiger partial charge in [-0.1, -0.05) is 42.5 Å². The van der Waals surface area contributed by atoms with E-state index in [-0.39, 0.29) is 12.4 Å². The van der Waals surface area contributed by atoms with E-state index in [4.69, 9.17) is 0 Å². The summed E-state index contributed by atoms with van der Waals surface area (Å²) in [5.41, 5.74) is 1.03. The standard InChI is InChI=1S/C16H15N3O3/c20-15(9-18-10-16(17-11-18)19(21)22)8-12-5-6-13-3-1-2-4-14(13)7-12/h1-7,10-11,15,20H,8-9H2. The molecule has 0 aliphatic rings. The molecule has 0 aliphatic heterocycles. The van der Waals surface area contributed by atoms with Gasteiger partial charge < -0.3 is 19.8 Å². The Morgan fingerprint density at radius 2 is 2.00 bits per heavy atom. The van der Waals surface area contributed by atoms with Crippen molar-refractivity contribution in [3.63, 3.8) is 0 Å². The summed E-state index contributed by atoms with van der Waals surface area (Å²) >= 11 is 0. The number of aromatic nitrogens is 2. The minimum atomic E-state index is -0.630. The van der Waals surface area contributed by atoms with Gasteiger partial charge in [0.2, 0.25) is 6.33 Å². The van der Waals surface area contributed by atoms with Crippen molar-refractivity contribution in [1.29, 1.82) is 0 Å². The number of hydrogen-bond acceptors (Lipinski definition) is 4. The summed E-state index contributed by atoms with van der Waals surface area (Å²) in [5.74, 6) is -0.210. The van der Waals surface area contributed by atoms with E-state index in [9.17, 15) is 15.2 Å². The number of fused-ring (bicyclic) bond motifs is 1. The molecule has 0 saturated carbocycles. The highest BCUT2D eigenvalue weighted by atomic mass is 16.6. The molecule has 1 aromatic heterocycles. The van der Waals surface area contributed by atoms with Crippen LogP contribution in [0.3, 0.4) is 0 Å². The molecule has 2 aromatic carbocycles. The molecule has 0 amide bonds. The van der Waals surface area contributed by atoms with Gasteiger partial charge in [-0.15, -0.1) is 0 Å². The van der Waals surface area contributed by atoms with E-state index >= 15 is 0 Å². The van der Waals surface area contributed by atoms with Crippen molar-refractivity contribution in [2.75, 3.05) is 0 Å². The minimum Gasteiger partial charge on any atom is -0.391 e. The number of nitro groups is 1. The van der Waals surface area contributed by atoms with E-state index in [0.29, 0.717) is 6.42 Å². The van der Waals surface area contributed by atoms with Crippen LogP contribution in [0.1, 0.15) is 5.56 Å². The zero-order valence-corrected chi connectivity index (χ0v) is 11.8. The quantitative estimate of drug-likeness (QED) is 0.579. The lowest BCUT2D eigenvalue weighted by Gasteiger charge is -2.11. The molecule has 3 aromatic rings. The van der Waals surface area contributed by atoms with Crippen LogP contribution < -0.4 is 0 Å². The number of benzene rings is 2. The van der Waals surface area contributed by atoms with Gasteiger partial charge in [0.05, 0.1) is 12.6 Å². The molecule has 0 radical (unpaired) electrons. The van der Waals surface area contributed by atoms with Crippen molar-refractivity contribution in [2.24, 2.45) is 0 Å². The maximum Gasteiger partial charge on any atom is 0.381 e. The SMILES string of the molecule is O=[N+]([O-])c1cn(CC(O)Cc2ccc3ccccc3c2)cn1. The van der Waals surface area contributed by atoms with Crippen LogP contribution in [0.2, 0.25) is 0 Å². The lowest BCUT2D eigenvalue weighted by atomic mass is 10.0. The van der Waals surface area contributed by atoms with E-state index in [1.54, 1.807) is 0 Å². The molecule has 1 atom stereocenters. The van der Waals surface area contributed by atoms with E-state index < -0.39 is 11.0 Å². The Balaban J connectivity index is 1.69. The molecule has 0 bridgehead atoms. The number of rotatable bonds is 5. The summed E-state index contributed by atoms with van der Waals surface area (Å²) in [7, 11) is 0. The van der Waals surface area contributed by atoms with Crippen LogP contribution in [0.15, 0.2) is 55.0 Å². The van der Waals surface area contributed by atoms with Gasteiger partial charge in [-0.05, 0) is 26.2 Å². The van der Waals surface area contributed by atoms with Crippen molar-refractivity contribution in [1.82, 2.24) is 9.55 Å². The highest BCUT2D eigenvalue weighted by Crippen LogP contribution is 2.17. The average Bonchev–Trinajstić information content (AvgIpc) is 2.95. The number of aliphatic hydroxyl groups excluding tert-OH is 1. The number of hydrogen-bond donors (Lipinski definition) is 1. The lowest BCUT2D eigenvalue weighted by Crippen LogP contribution is -2.17. The average molecular weight is 297 g/mol. The van der Waals surface area contributed by atoms with E-state index in [0.717, 1.165) is 16.3 Å². The smallest absolute Gasteiger partial charge is 0.381 e. The molecule has 1 heterocycles. The largest absolute Gasteiger partial charge is 0.391 e. The zero-order chi connectivity index (χ0) is 15.5. The van der Waals surface area contributed by atoms with Gasteiger partial charge >= 0.3 is 5.82 Å². The van der Waals surface area contributed by atoms with Crippen molar-refractivity contribution in [2.45, 2.75) is 19.1 Å². The molecule has 6 heteroatoms. The second kappa shape index (κ2) is 5.95. The topological polar surface area (TPSA) is 81.2 Å². The Morgan fingerprint density at radius 3 is 2.73 bits per heavy atom. The Hall–Kier alpha value is -2.73. The second-order valence-electron chi connectivity index (χ2n) is 5.23. The number of nitrogens with zero attached hydrogens (tertiary/aromatic N) is 3. The first-order valence-corrected chi connectivity index (χ1v) is 6.94. The molecule has 0 aliphatic carbocycles. The third-order valence-corrected chi connectivity index (χ3v) is 3.51. The molecular formula is C16H15N3O3. The molecule has 1 unspecified atom stereocenters. The van der Waals surface area contributed by atoms with E-state index in [1.165, 1.54) is 17.1 Å². The normalized spacial score (nSPS) is 12.4. The molecule has 3 rings (SSSR count). The minimum absolute atomic E-state index is 0.210. The van der Waals surface area contributed by atoms with Gasteiger partial charge in [0.25, 0.3) is 0 Å². The van der Waals surface area contributed by atoms with Crippen LogP contribution in [0.5, 0.6) is 0 Å². The summed E-state index contributed by atoms with van der Waals surface area (Å²) in [4.78, 5) is 13.7. The van der Waals surface area contributed by atoms with Gasteiger partial charge in [-0.3, -0.25) is 0 Å². The van der Waals surface area contributed by atoms with Crippen LogP contribution in [-0.4, -0.2) is 25.7 Å². The van der Waals surface area contributed by atoms with Gasteiger partial charge in [0.15, 0.2) is 0 Å². The van der Waals surface area contributed by atoms with Crippen molar-refractivity contribution in [3.05, 3.63) is 70.7 Å². The second-order valence-corrected chi connectivity index (χ2v) is 5.23. The fraction of sp³-hybridized carbons (Fsp3) is 0.188. The molecule has 22 heavy (non-hydrogen) atoms. The highest BCUT2D eigenvalue weighted by molar-refractivity contribution is 5.82. The summed E-state index contributed by atoms with van der Waals surface area (Å²) < 4.78 is 1.53. The summed E-state index contributed by atoms with van der Waals surface area (Å²) in [6.45, 7) is 0.271. The Kier molecular flexibility index (Phi) is 3.84. The van der Waals surface area contributed by atoms with Gasteiger partial charge in [0, 0.05) is 6.42 Å². The maximum atomic E-state index is 10.6. The van der Waals surface area contributed by atoms with Crippen LogP contribution in [0, 0.1) is 10.1 Å². The first kappa shape index (κ1) is 14.2. The van der Waals surface area contributed by atoms with Crippen LogP contribution in [-0.2, 0) is 13.0 Å². The Bertz CT molecular complexity index is 813. The fourth-order valence-electron chi connectivity index (χ4n) is 2.49. The van der Waals surface area contributed by atoms with Crippen LogP contribution >= 0.6 is 0 Å². The first-order valence-electron chi connectivity index (χ1n) is 6.94. The van der Waals surface area contributed by atoms with E-state index in [1.807, 2.05) is 36.4 Å². The summed E-state index contributed by atoms with van der Waals surface area (Å²) in [5, 5.41) is 23.0.